The molecule has 0 aliphatic carbocycles. The van der Waals surface area contributed by atoms with Crippen molar-refractivity contribution >= 4 is 58.1 Å². The lowest BCUT2D eigenvalue weighted by Gasteiger charge is -2.28. The maximum Gasteiger partial charge on any atom is 0.294 e. The number of carbonyl (C=O) groups is 3. The number of benzene rings is 2. The number of amides is 3. The number of hydrogen-bond acceptors (Lipinski definition) is 7. The average molecular weight is 499 g/mol. The Bertz CT molecular complexity index is 1450. The zero-order valence-corrected chi connectivity index (χ0v) is 20.1. The summed E-state index contributed by atoms with van der Waals surface area (Å²) in [5.41, 5.74) is 3.79. The summed E-state index contributed by atoms with van der Waals surface area (Å²) in [6.45, 7) is 1.46. The third-order valence-corrected chi connectivity index (χ3v) is 6.33. The molecule has 37 heavy (non-hydrogen) atoms. The van der Waals surface area contributed by atoms with Crippen LogP contribution in [0.2, 0.25) is 0 Å². The molecule has 0 unspecified atom stereocenters. The molecule has 3 aromatic rings. The van der Waals surface area contributed by atoms with E-state index >= 15 is 0 Å². The van der Waals surface area contributed by atoms with E-state index in [0.29, 0.717) is 43.0 Å². The van der Waals surface area contributed by atoms with E-state index in [-0.39, 0.29) is 30.0 Å². The van der Waals surface area contributed by atoms with Gasteiger partial charge in [-0.15, -0.1) is 0 Å². The highest BCUT2D eigenvalue weighted by atomic mass is 16.3. The molecule has 0 saturated carbocycles. The number of hydrogen-bond donors (Lipinski definition) is 2. The zero-order chi connectivity index (χ0) is 25.8. The zero-order valence-electron chi connectivity index (χ0n) is 20.1. The van der Waals surface area contributed by atoms with Crippen molar-refractivity contribution in [2.24, 2.45) is 15.9 Å². The third-order valence-electron chi connectivity index (χ3n) is 6.33. The van der Waals surface area contributed by atoms with Crippen molar-refractivity contribution in [3.8, 4) is 0 Å². The van der Waals surface area contributed by atoms with Crippen LogP contribution in [0.15, 0.2) is 69.1 Å². The average Bonchev–Trinajstić information content (AvgIpc) is 3.35. The van der Waals surface area contributed by atoms with Crippen LogP contribution in [0, 0.1) is 0 Å². The molecule has 0 saturated heterocycles. The number of furan rings is 1. The molecule has 1 aromatic heterocycles. The van der Waals surface area contributed by atoms with Crippen molar-refractivity contribution < 1.29 is 18.8 Å². The lowest BCUT2D eigenvalue weighted by molar-refractivity contribution is -0.130. The Morgan fingerprint density at radius 2 is 1.97 bits per heavy atom. The second-order valence-corrected chi connectivity index (χ2v) is 8.76. The predicted octanol–water partition coefficient (Wildman–Crippen LogP) is 3.05. The summed E-state index contributed by atoms with van der Waals surface area (Å²) < 4.78 is 5.87. The van der Waals surface area contributed by atoms with Gasteiger partial charge in [-0.2, -0.15) is 5.10 Å². The molecule has 2 aliphatic rings. The van der Waals surface area contributed by atoms with Crippen LogP contribution in [0.4, 0.5) is 11.4 Å². The van der Waals surface area contributed by atoms with Crippen LogP contribution in [-0.4, -0.2) is 61.2 Å². The minimum atomic E-state index is -0.380. The minimum Gasteiger partial charge on any atom is -0.451 e. The van der Waals surface area contributed by atoms with E-state index in [2.05, 4.69) is 21.5 Å². The largest absolute Gasteiger partial charge is 0.451 e. The maximum absolute atomic E-state index is 13.3. The highest BCUT2D eigenvalue weighted by Gasteiger charge is 2.29. The lowest BCUT2D eigenvalue weighted by Crippen LogP contribution is -2.42. The van der Waals surface area contributed by atoms with Gasteiger partial charge in [0.1, 0.15) is 12.1 Å². The van der Waals surface area contributed by atoms with Crippen LogP contribution in [0.5, 0.6) is 0 Å². The normalized spacial score (nSPS) is 15.8. The lowest BCUT2D eigenvalue weighted by atomic mass is 9.99. The van der Waals surface area contributed by atoms with Crippen LogP contribution in [0.1, 0.15) is 29.0 Å². The van der Waals surface area contributed by atoms with E-state index < -0.39 is 0 Å². The minimum absolute atomic E-state index is 0.0376. The maximum atomic E-state index is 13.3. The smallest absolute Gasteiger partial charge is 0.294 e. The molecule has 0 spiro atoms. The molecule has 188 valence electrons. The van der Waals surface area contributed by atoms with Crippen LogP contribution in [0.25, 0.3) is 16.5 Å². The highest BCUT2D eigenvalue weighted by molar-refractivity contribution is 6.16. The summed E-state index contributed by atoms with van der Waals surface area (Å²) in [6.07, 6.45) is 6.06. The Morgan fingerprint density at radius 1 is 1.11 bits per heavy atom. The first-order chi connectivity index (χ1) is 18.0. The first-order valence-electron chi connectivity index (χ1n) is 12.0. The van der Waals surface area contributed by atoms with Crippen LogP contribution in [0.3, 0.4) is 0 Å². The van der Waals surface area contributed by atoms with Crippen molar-refractivity contribution in [1.29, 1.82) is 0 Å². The first-order valence-corrected chi connectivity index (χ1v) is 12.0. The Labute approximate surface area is 213 Å². The summed E-state index contributed by atoms with van der Waals surface area (Å²) in [7, 11) is 0. The van der Waals surface area contributed by atoms with E-state index in [0.717, 1.165) is 22.9 Å². The molecule has 5 rings (SSSR count). The summed E-state index contributed by atoms with van der Waals surface area (Å²) >= 11 is 0. The van der Waals surface area contributed by atoms with Gasteiger partial charge in [0.2, 0.25) is 11.8 Å². The number of nitrogens with two attached hydrogens (primary N) is 1. The molecule has 3 N–H and O–H groups in total. The van der Waals surface area contributed by atoms with Gasteiger partial charge in [-0.25, -0.2) is 0 Å². The summed E-state index contributed by atoms with van der Waals surface area (Å²) in [6, 6.07) is 14.6. The van der Waals surface area contributed by atoms with Crippen molar-refractivity contribution in [2.75, 3.05) is 36.4 Å². The van der Waals surface area contributed by atoms with E-state index in [4.69, 9.17) is 10.3 Å². The summed E-state index contributed by atoms with van der Waals surface area (Å²) in [4.78, 5) is 45.4. The number of hydrazone groups is 1. The SMILES string of the molecule is N/N=C\C=NCCC(=O)N1CCC=C(c2ccc3oc(C(=O)N4CC(=O)Nc5ccccc54)cc3c2)C1. The van der Waals surface area contributed by atoms with Gasteiger partial charge in [0, 0.05) is 37.7 Å². The molecule has 2 aromatic carbocycles. The van der Waals surface area contributed by atoms with Gasteiger partial charge in [0.05, 0.1) is 17.6 Å². The standard InChI is InChI=1S/C27H26N6O4/c28-30-12-11-29-10-9-26(35)32-13-3-4-19(16-32)18-7-8-23-20(14-18)15-24(37-23)27(36)33-17-25(34)31-21-5-1-2-6-22(21)33/h1-2,4-8,11-12,14-15H,3,9-10,13,16-17,28H2,(H,31,34)/b29-11?,30-12-. The number of nitrogens with one attached hydrogen (secondary N) is 1. The van der Waals surface area contributed by atoms with Crippen LogP contribution >= 0.6 is 0 Å². The van der Waals surface area contributed by atoms with Crippen LogP contribution < -0.4 is 16.1 Å². The quantitative estimate of drug-likeness (QED) is 0.306. The number of nitrogens with zero attached hydrogens (tertiary/aromatic N) is 4. The number of aliphatic imine (C=N–C) groups is 1. The van der Waals surface area contributed by atoms with Gasteiger partial charge in [-0.1, -0.05) is 24.3 Å². The number of para-hydroxylation sites is 2. The van der Waals surface area contributed by atoms with Crippen molar-refractivity contribution in [2.45, 2.75) is 12.8 Å². The molecule has 0 bridgehead atoms. The topological polar surface area (TPSA) is 134 Å². The summed E-state index contributed by atoms with van der Waals surface area (Å²) in [5, 5.41) is 6.89. The van der Waals surface area contributed by atoms with E-state index in [1.807, 2.05) is 29.2 Å². The molecular weight excluding hydrogens is 472 g/mol. The van der Waals surface area contributed by atoms with Crippen molar-refractivity contribution in [1.82, 2.24) is 4.90 Å². The highest BCUT2D eigenvalue weighted by Crippen LogP contribution is 2.32. The molecule has 10 heteroatoms. The van der Waals surface area contributed by atoms with Gasteiger partial charge >= 0.3 is 0 Å². The fourth-order valence-electron chi connectivity index (χ4n) is 4.54. The number of rotatable bonds is 6. The molecule has 0 atom stereocenters. The Hall–Kier alpha value is -4.73. The second kappa shape index (κ2) is 10.5. The van der Waals surface area contributed by atoms with Crippen molar-refractivity contribution in [3.05, 3.63) is 65.9 Å². The number of carbonyl (C=O) groups excluding carboxylic acids is 3. The number of anilines is 2. The Kier molecular flexibility index (Phi) is 6.80. The van der Waals surface area contributed by atoms with Gasteiger partial charge in [-0.3, -0.25) is 24.3 Å². The second-order valence-electron chi connectivity index (χ2n) is 8.76. The fraction of sp³-hybridized carbons (Fsp3) is 0.222. The fourth-order valence-corrected chi connectivity index (χ4v) is 4.54. The third kappa shape index (κ3) is 5.13. The monoisotopic (exact) mass is 498 g/mol. The van der Waals surface area contributed by atoms with Gasteiger partial charge < -0.3 is 20.5 Å². The number of fused-ring (bicyclic) bond motifs is 2. The molecular formula is C27H26N6O4. The molecule has 3 heterocycles. The molecule has 3 amide bonds. The molecule has 10 nitrogen and oxygen atoms in total. The van der Waals surface area contributed by atoms with Crippen LogP contribution in [-0.2, 0) is 9.59 Å². The Balaban J connectivity index is 1.32. The van der Waals surface area contributed by atoms with Gasteiger partial charge in [-0.05, 0) is 47.9 Å². The molecule has 0 fully saturated rings. The van der Waals surface area contributed by atoms with Gasteiger partial charge in [0.25, 0.3) is 5.91 Å². The van der Waals surface area contributed by atoms with E-state index in [9.17, 15) is 14.4 Å². The first kappa shape index (κ1) is 24.0. The van der Waals surface area contributed by atoms with E-state index in [1.54, 1.807) is 24.3 Å². The Morgan fingerprint density at radius 3 is 2.84 bits per heavy atom. The summed E-state index contributed by atoms with van der Waals surface area (Å²) in [5.74, 6) is 4.58. The molecule has 2 aliphatic heterocycles. The molecule has 0 radical (unpaired) electrons. The van der Waals surface area contributed by atoms with Crippen molar-refractivity contribution in [3.63, 3.8) is 0 Å². The van der Waals surface area contributed by atoms with E-state index in [1.165, 1.54) is 17.3 Å². The predicted molar refractivity (Wildman–Crippen MR) is 143 cm³/mol. The van der Waals surface area contributed by atoms with Gasteiger partial charge in [0.15, 0.2) is 5.76 Å².